The second-order valence-electron chi connectivity index (χ2n) is 4.98. The summed E-state index contributed by atoms with van der Waals surface area (Å²) in [6, 6.07) is 4.97. The van der Waals surface area contributed by atoms with Crippen LogP contribution in [0, 0.1) is 0 Å². The Bertz CT molecular complexity index is 536. The summed E-state index contributed by atoms with van der Waals surface area (Å²) in [7, 11) is 0. The highest BCUT2D eigenvalue weighted by Crippen LogP contribution is 2.24. The Hall–Kier alpha value is -1.79. The van der Waals surface area contributed by atoms with Gasteiger partial charge in [-0.05, 0) is 18.2 Å². The van der Waals surface area contributed by atoms with Gasteiger partial charge in [0.15, 0.2) is 0 Å². The molecule has 1 fully saturated rings. The number of amides is 2. The molecule has 0 radical (unpaired) electrons. The Balaban J connectivity index is 1.80. The van der Waals surface area contributed by atoms with Gasteiger partial charge in [-0.1, -0.05) is 11.6 Å². The molecule has 0 aromatic heterocycles. The Labute approximate surface area is 128 Å². The number of nitrogen functional groups attached to an aromatic ring is 1. The van der Waals surface area contributed by atoms with Crippen LogP contribution in [0.15, 0.2) is 18.2 Å². The average Bonchev–Trinajstić information content (AvgIpc) is 2.64. The second-order valence-corrected chi connectivity index (χ2v) is 5.39. The highest BCUT2D eigenvalue weighted by Gasteiger charge is 2.14. The number of rotatable bonds is 4. The molecule has 21 heavy (non-hydrogen) atoms. The summed E-state index contributed by atoms with van der Waals surface area (Å²) in [4.78, 5) is 25.3. The number of carbonyl (C=O) groups excluding carboxylic acids is 2. The topological polar surface area (TPSA) is 87.5 Å². The molecule has 2 amide bonds. The number of hydrogen-bond donors (Lipinski definition) is 3. The van der Waals surface area contributed by atoms with Crippen molar-refractivity contribution in [1.82, 2.24) is 10.2 Å². The van der Waals surface area contributed by atoms with Gasteiger partial charge in [0.25, 0.3) is 0 Å². The van der Waals surface area contributed by atoms with E-state index in [1.807, 2.05) is 0 Å². The van der Waals surface area contributed by atoms with Gasteiger partial charge < -0.3 is 21.3 Å². The minimum absolute atomic E-state index is 0.0654. The van der Waals surface area contributed by atoms with Crippen molar-refractivity contribution < 1.29 is 9.59 Å². The maximum Gasteiger partial charge on any atom is 0.225 e. The normalized spacial score (nSPS) is 16.1. The van der Waals surface area contributed by atoms with Crippen LogP contribution in [0.4, 0.5) is 11.4 Å². The molecule has 0 atom stereocenters. The lowest BCUT2D eigenvalue weighted by molar-refractivity contribution is -0.120. The Morgan fingerprint density at radius 3 is 3.00 bits per heavy atom. The third-order valence-electron chi connectivity index (χ3n) is 3.33. The second kappa shape index (κ2) is 7.28. The third kappa shape index (κ3) is 4.91. The molecule has 1 aromatic carbocycles. The molecule has 0 saturated carbocycles. The van der Waals surface area contributed by atoms with Gasteiger partial charge >= 0.3 is 0 Å². The van der Waals surface area contributed by atoms with Gasteiger partial charge in [0.1, 0.15) is 0 Å². The van der Waals surface area contributed by atoms with Crippen molar-refractivity contribution >= 4 is 34.8 Å². The fourth-order valence-corrected chi connectivity index (χ4v) is 2.38. The number of nitrogens with zero attached hydrogens (tertiary/aromatic N) is 1. The predicted octanol–water partition coefficient (Wildman–Crippen LogP) is 1.07. The largest absolute Gasteiger partial charge is 0.399 e. The zero-order chi connectivity index (χ0) is 15.2. The summed E-state index contributed by atoms with van der Waals surface area (Å²) in [5.41, 5.74) is 6.72. The van der Waals surface area contributed by atoms with E-state index in [4.69, 9.17) is 17.3 Å². The number of halogens is 1. The number of benzene rings is 1. The van der Waals surface area contributed by atoms with Crippen molar-refractivity contribution in [2.45, 2.75) is 12.8 Å². The van der Waals surface area contributed by atoms with Crippen LogP contribution < -0.4 is 16.4 Å². The molecule has 1 aliphatic heterocycles. The molecule has 1 heterocycles. The van der Waals surface area contributed by atoms with Gasteiger partial charge in [-0.25, -0.2) is 0 Å². The summed E-state index contributed by atoms with van der Waals surface area (Å²) in [6.45, 7) is 2.70. The number of anilines is 2. The zero-order valence-electron chi connectivity index (χ0n) is 11.7. The van der Waals surface area contributed by atoms with Gasteiger partial charge in [0.05, 0.1) is 10.7 Å². The molecule has 2 rings (SSSR count). The van der Waals surface area contributed by atoms with Gasteiger partial charge in [-0.2, -0.15) is 0 Å². The van der Waals surface area contributed by atoms with E-state index >= 15 is 0 Å². The molecular weight excluding hydrogens is 292 g/mol. The summed E-state index contributed by atoms with van der Waals surface area (Å²) in [5.74, 6) is -0.0409. The van der Waals surface area contributed by atoms with Crippen LogP contribution in [0.5, 0.6) is 0 Å². The first-order valence-electron chi connectivity index (χ1n) is 6.88. The maximum atomic E-state index is 11.9. The molecule has 1 saturated heterocycles. The standard InChI is InChI=1S/C14H19ClN4O2/c15-11-9-10(16)1-2-12(11)18-14(21)4-7-19-6-3-13(20)17-5-8-19/h1-2,9H,3-8,16H2,(H,17,20)(H,18,21). The molecule has 0 spiro atoms. The fraction of sp³-hybridized carbons (Fsp3) is 0.429. The van der Waals surface area contributed by atoms with Crippen LogP contribution in [0.25, 0.3) is 0 Å². The van der Waals surface area contributed by atoms with Gasteiger partial charge in [-0.15, -0.1) is 0 Å². The lowest BCUT2D eigenvalue weighted by Gasteiger charge is -2.18. The number of nitrogens with two attached hydrogens (primary N) is 1. The fourth-order valence-electron chi connectivity index (χ4n) is 2.14. The summed E-state index contributed by atoms with van der Waals surface area (Å²) in [5, 5.41) is 5.99. The molecule has 7 heteroatoms. The Kier molecular flexibility index (Phi) is 5.41. The average molecular weight is 311 g/mol. The van der Waals surface area contributed by atoms with Crippen molar-refractivity contribution in [3.05, 3.63) is 23.2 Å². The van der Waals surface area contributed by atoms with E-state index in [1.165, 1.54) is 0 Å². The van der Waals surface area contributed by atoms with Crippen LogP contribution >= 0.6 is 11.6 Å². The Morgan fingerprint density at radius 2 is 2.24 bits per heavy atom. The van der Waals surface area contributed by atoms with Crippen molar-refractivity contribution in [2.24, 2.45) is 0 Å². The van der Waals surface area contributed by atoms with Crippen molar-refractivity contribution in [3.63, 3.8) is 0 Å². The van der Waals surface area contributed by atoms with Gasteiger partial charge in [-0.3, -0.25) is 9.59 Å². The number of nitrogens with one attached hydrogen (secondary N) is 2. The van der Waals surface area contributed by atoms with Gasteiger partial charge in [0.2, 0.25) is 11.8 Å². The van der Waals surface area contributed by atoms with Crippen LogP contribution in [0.2, 0.25) is 5.02 Å². The highest BCUT2D eigenvalue weighted by atomic mass is 35.5. The van der Waals surface area contributed by atoms with E-state index in [0.717, 1.165) is 6.54 Å². The monoisotopic (exact) mass is 310 g/mol. The molecule has 4 N–H and O–H groups in total. The molecular formula is C14H19ClN4O2. The Morgan fingerprint density at radius 1 is 1.43 bits per heavy atom. The molecule has 114 valence electrons. The first-order valence-corrected chi connectivity index (χ1v) is 7.26. The summed E-state index contributed by atoms with van der Waals surface area (Å²) >= 11 is 6.01. The van der Waals surface area contributed by atoms with Crippen LogP contribution in [0.1, 0.15) is 12.8 Å². The zero-order valence-corrected chi connectivity index (χ0v) is 12.4. The van der Waals surface area contributed by atoms with E-state index in [-0.39, 0.29) is 11.8 Å². The van der Waals surface area contributed by atoms with E-state index in [2.05, 4.69) is 15.5 Å². The summed E-state index contributed by atoms with van der Waals surface area (Å²) in [6.07, 6.45) is 0.834. The molecule has 0 aliphatic carbocycles. The molecule has 0 unspecified atom stereocenters. The van der Waals surface area contributed by atoms with E-state index in [1.54, 1.807) is 18.2 Å². The smallest absolute Gasteiger partial charge is 0.225 e. The lowest BCUT2D eigenvalue weighted by Crippen LogP contribution is -2.31. The van der Waals surface area contributed by atoms with E-state index < -0.39 is 0 Å². The SMILES string of the molecule is Nc1ccc(NC(=O)CCN2CCNC(=O)CC2)c(Cl)c1. The predicted molar refractivity (Wildman–Crippen MR) is 83.2 cm³/mol. The maximum absolute atomic E-state index is 11.9. The molecule has 6 nitrogen and oxygen atoms in total. The minimum atomic E-state index is -0.106. The number of carbonyl (C=O) groups is 2. The third-order valence-corrected chi connectivity index (χ3v) is 3.64. The quantitative estimate of drug-likeness (QED) is 0.726. The van der Waals surface area contributed by atoms with Crippen molar-refractivity contribution in [2.75, 3.05) is 37.2 Å². The molecule has 1 aromatic rings. The minimum Gasteiger partial charge on any atom is -0.399 e. The molecule has 0 bridgehead atoms. The summed E-state index contributed by atoms with van der Waals surface area (Å²) < 4.78 is 0. The van der Waals surface area contributed by atoms with Crippen molar-refractivity contribution in [3.8, 4) is 0 Å². The highest BCUT2D eigenvalue weighted by molar-refractivity contribution is 6.34. The van der Waals surface area contributed by atoms with Crippen LogP contribution in [-0.4, -0.2) is 42.9 Å². The van der Waals surface area contributed by atoms with E-state index in [9.17, 15) is 9.59 Å². The number of hydrogen-bond acceptors (Lipinski definition) is 4. The van der Waals surface area contributed by atoms with Crippen LogP contribution in [0.3, 0.4) is 0 Å². The first-order chi connectivity index (χ1) is 10.0. The molecule has 1 aliphatic rings. The van der Waals surface area contributed by atoms with Crippen molar-refractivity contribution in [1.29, 1.82) is 0 Å². The van der Waals surface area contributed by atoms with E-state index in [0.29, 0.717) is 48.9 Å². The van der Waals surface area contributed by atoms with Gasteiger partial charge in [0, 0.05) is 44.7 Å². The van der Waals surface area contributed by atoms with Crippen LogP contribution in [-0.2, 0) is 9.59 Å². The lowest BCUT2D eigenvalue weighted by atomic mass is 10.2. The first kappa shape index (κ1) is 15.6.